The van der Waals surface area contributed by atoms with Crippen LogP contribution in [-0.2, 0) is 11.2 Å². The molecule has 5 rings (SSSR count). The smallest absolute Gasteiger partial charge is 0.307 e. The van der Waals surface area contributed by atoms with E-state index in [1.54, 1.807) is 47.0 Å². The molecule has 0 aliphatic carbocycles. The van der Waals surface area contributed by atoms with Crippen LogP contribution in [0.5, 0.6) is 11.5 Å². The van der Waals surface area contributed by atoms with E-state index in [0.717, 1.165) is 11.1 Å². The van der Waals surface area contributed by atoms with E-state index in [-0.39, 0.29) is 24.2 Å². The summed E-state index contributed by atoms with van der Waals surface area (Å²) < 4.78 is 27.0. The highest BCUT2D eigenvalue weighted by Gasteiger charge is 2.24. The molecule has 0 fully saturated rings. The molecule has 1 aliphatic rings. The number of hydrogen-bond donors (Lipinski definition) is 1. The molecule has 1 atom stereocenters. The molecule has 2 heterocycles. The predicted octanol–water partition coefficient (Wildman–Crippen LogP) is 4.68. The number of hydrogen-bond acceptors (Lipinski definition) is 5. The van der Waals surface area contributed by atoms with Crippen LogP contribution in [0.4, 0.5) is 10.1 Å². The van der Waals surface area contributed by atoms with Crippen LogP contribution in [0.2, 0.25) is 0 Å². The first kappa shape index (κ1) is 23.4. The van der Waals surface area contributed by atoms with Crippen LogP contribution in [0, 0.1) is 12.7 Å². The first-order chi connectivity index (χ1) is 17.3. The zero-order valence-electron chi connectivity index (χ0n) is 19.9. The number of carbonyl (C=O) groups is 2. The van der Waals surface area contributed by atoms with Crippen LogP contribution in [0.25, 0.3) is 10.9 Å². The Morgan fingerprint density at radius 1 is 1.11 bits per heavy atom. The second kappa shape index (κ2) is 9.37. The summed E-state index contributed by atoms with van der Waals surface area (Å²) in [6.07, 6.45) is -0.340. The Kier molecular flexibility index (Phi) is 6.10. The maximum Gasteiger partial charge on any atom is 0.307 e. The van der Waals surface area contributed by atoms with Gasteiger partial charge in [0.1, 0.15) is 30.0 Å². The van der Waals surface area contributed by atoms with Gasteiger partial charge in [0.25, 0.3) is 5.91 Å². The van der Waals surface area contributed by atoms with Crippen molar-refractivity contribution in [2.75, 3.05) is 25.1 Å². The number of carboxylic acids is 1. The first-order valence-corrected chi connectivity index (χ1v) is 11.6. The number of carboxylic acid groups (broad SMARTS) is 1. The highest BCUT2D eigenvalue weighted by Crippen LogP contribution is 2.33. The van der Waals surface area contributed by atoms with Crippen LogP contribution < -0.4 is 14.4 Å². The lowest BCUT2D eigenvalue weighted by atomic mass is 10.1. The quantitative estimate of drug-likeness (QED) is 0.425. The van der Waals surface area contributed by atoms with Crippen LogP contribution in [0.3, 0.4) is 0 Å². The number of ether oxygens (including phenoxy) is 2. The summed E-state index contributed by atoms with van der Waals surface area (Å²) in [5.41, 5.74) is 3.26. The minimum atomic E-state index is -0.918. The highest BCUT2D eigenvalue weighted by molar-refractivity contribution is 6.04. The van der Waals surface area contributed by atoms with Gasteiger partial charge in [0.2, 0.25) is 0 Å². The van der Waals surface area contributed by atoms with Crippen molar-refractivity contribution in [1.82, 2.24) is 4.57 Å². The molecule has 1 N–H and O–H groups in total. The molecule has 0 bridgehead atoms. The Morgan fingerprint density at radius 3 is 2.64 bits per heavy atom. The van der Waals surface area contributed by atoms with Crippen molar-refractivity contribution < 1.29 is 28.6 Å². The SMILES string of the molecule is Cc1cc2c(CC(=O)O)cccc2n1C(=O)c1ccc(OC[C@@H]2CN(C)c3cc(F)ccc3O2)cc1. The molecule has 36 heavy (non-hydrogen) atoms. The van der Waals surface area contributed by atoms with Crippen molar-refractivity contribution in [3.8, 4) is 11.5 Å². The number of nitrogens with zero attached hydrogens (tertiary/aromatic N) is 2. The number of benzene rings is 3. The van der Waals surface area contributed by atoms with Gasteiger partial charge < -0.3 is 19.5 Å². The molecule has 7 nitrogen and oxygen atoms in total. The van der Waals surface area contributed by atoms with Crippen LogP contribution in [0.1, 0.15) is 21.6 Å². The molecule has 0 unspecified atom stereocenters. The Labute approximate surface area is 207 Å². The van der Waals surface area contributed by atoms with Crippen molar-refractivity contribution in [1.29, 1.82) is 0 Å². The third-order valence-corrected chi connectivity index (χ3v) is 6.31. The number of halogens is 1. The van der Waals surface area contributed by atoms with Crippen LogP contribution in [-0.4, -0.2) is 47.9 Å². The molecule has 0 saturated carbocycles. The summed E-state index contributed by atoms with van der Waals surface area (Å²) in [6, 6.07) is 18.5. The van der Waals surface area contributed by atoms with E-state index < -0.39 is 5.97 Å². The van der Waals surface area contributed by atoms with Gasteiger partial charge in [0, 0.05) is 29.8 Å². The van der Waals surface area contributed by atoms with E-state index in [0.29, 0.717) is 47.0 Å². The van der Waals surface area contributed by atoms with Gasteiger partial charge in [-0.05, 0) is 61.0 Å². The maximum atomic E-state index is 13.5. The van der Waals surface area contributed by atoms with Gasteiger partial charge >= 0.3 is 5.97 Å². The van der Waals surface area contributed by atoms with Gasteiger partial charge in [-0.25, -0.2) is 4.39 Å². The van der Waals surface area contributed by atoms with Gasteiger partial charge in [-0.2, -0.15) is 0 Å². The number of aryl methyl sites for hydroxylation is 1. The summed E-state index contributed by atoms with van der Waals surface area (Å²) in [7, 11) is 1.88. The summed E-state index contributed by atoms with van der Waals surface area (Å²) in [5.74, 6) is -0.223. The molecule has 1 aliphatic heterocycles. The van der Waals surface area contributed by atoms with E-state index in [9.17, 15) is 19.1 Å². The van der Waals surface area contributed by atoms with Gasteiger partial charge in [-0.1, -0.05) is 12.1 Å². The molecular formula is C28H25FN2O5. The molecule has 184 valence electrons. The van der Waals surface area contributed by atoms with Crippen molar-refractivity contribution in [2.45, 2.75) is 19.4 Å². The number of carbonyl (C=O) groups excluding carboxylic acids is 1. The normalized spacial score (nSPS) is 14.9. The standard InChI is InChI=1S/C28H25FN2O5/c1-17-12-23-19(13-27(32)33)4-3-5-24(23)31(17)28(34)18-6-9-21(10-7-18)35-16-22-15-30(2)25-14-20(29)8-11-26(25)36-22/h3-12,14,22H,13,15-16H2,1-2H3,(H,32,33)/t22-/m0/s1. The van der Waals surface area contributed by atoms with Crippen molar-refractivity contribution in [2.24, 2.45) is 0 Å². The lowest BCUT2D eigenvalue weighted by molar-refractivity contribution is -0.136. The number of anilines is 1. The fraction of sp³-hybridized carbons (Fsp3) is 0.214. The van der Waals surface area contributed by atoms with E-state index in [1.165, 1.54) is 12.1 Å². The molecule has 3 aromatic carbocycles. The van der Waals surface area contributed by atoms with E-state index in [4.69, 9.17) is 9.47 Å². The highest BCUT2D eigenvalue weighted by atomic mass is 19.1. The minimum Gasteiger partial charge on any atom is -0.490 e. The Hall–Kier alpha value is -4.33. The zero-order chi connectivity index (χ0) is 25.4. The van der Waals surface area contributed by atoms with Gasteiger partial charge in [0.05, 0.1) is 24.2 Å². The fourth-order valence-corrected chi connectivity index (χ4v) is 4.62. The molecule has 4 aromatic rings. The first-order valence-electron chi connectivity index (χ1n) is 11.6. The summed E-state index contributed by atoms with van der Waals surface area (Å²) in [6.45, 7) is 2.67. The summed E-state index contributed by atoms with van der Waals surface area (Å²) >= 11 is 0. The summed E-state index contributed by atoms with van der Waals surface area (Å²) in [4.78, 5) is 26.5. The minimum absolute atomic E-state index is 0.107. The number of likely N-dealkylation sites (N-methyl/N-ethyl adjacent to an activating group) is 1. The molecule has 0 saturated heterocycles. The van der Waals surface area contributed by atoms with E-state index in [2.05, 4.69) is 0 Å². The lowest BCUT2D eigenvalue weighted by Gasteiger charge is -2.33. The van der Waals surface area contributed by atoms with Gasteiger partial charge in [-0.15, -0.1) is 0 Å². The third-order valence-electron chi connectivity index (χ3n) is 6.31. The number of aliphatic carboxylic acids is 1. The van der Waals surface area contributed by atoms with E-state index in [1.807, 2.05) is 31.0 Å². The Bertz CT molecular complexity index is 1460. The van der Waals surface area contributed by atoms with Gasteiger partial charge in [0.15, 0.2) is 0 Å². The average Bonchev–Trinajstić information content (AvgIpc) is 3.19. The summed E-state index contributed by atoms with van der Waals surface area (Å²) in [5, 5.41) is 9.96. The second-order valence-corrected chi connectivity index (χ2v) is 8.91. The zero-order valence-corrected chi connectivity index (χ0v) is 19.9. The molecular weight excluding hydrogens is 463 g/mol. The molecule has 8 heteroatoms. The third kappa shape index (κ3) is 4.49. The molecule has 0 amide bonds. The molecule has 0 spiro atoms. The number of fused-ring (bicyclic) bond motifs is 2. The van der Waals surface area contributed by atoms with Crippen molar-refractivity contribution in [3.05, 3.63) is 89.4 Å². The fourth-order valence-electron chi connectivity index (χ4n) is 4.62. The van der Waals surface area contributed by atoms with Crippen molar-refractivity contribution >= 4 is 28.5 Å². The Balaban J connectivity index is 1.29. The topological polar surface area (TPSA) is 81.0 Å². The monoisotopic (exact) mass is 488 g/mol. The largest absolute Gasteiger partial charge is 0.490 e. The van der Waals surface area contributed by atoms with E-state index >= 15 is 0 Å². The lowest BCUT2D eigenvalue weighted by Crippen LogP contribution is -2.41. The molecule has 1 aromatic heterocycles. The van der Waals surface area contributed by atoms with Crippen molar-refractivity contribution in [3.63, 3.8) is 0 Å². The second-order valence-electron chi connectivity index (χ2n) is 8.91. The van der Waals surface area contributed by atoms with Crippen LogP contribution >= 0.6 is 0 Å². The van der Waals surface area contributed by atoms with Crippen LogP contribution in [0.15, 0.2) is 66.7 Å². The number of aromatic nitrogens is 1. The van der Waals surface area contributed by atoms with Gasteiger partial charge in [-0.3, -0.25) is 14.2 Å². The average molecular weight is 489 g/mol. The Morgan fingerprint density at radius 2 is 1.89 bits per heavy atom. The number of rotatable bonds is 6. The maximum absolute atomic E-state index is 13.5. The predicted molar refractivity (Wildman–Crippen MR) is 134 cm³/mol. The molecule has 0 radical (unpaired) electrons.